The van der Waals surface area contributed by atoms with Crippen molar-refractivity contribution in [3.8, 4) is 0 Å². The Labute approximate surface area is 162 Å². The van der Waals surface area contributed by atoms with Crippen LogP contribution in [0.4, 0.5) is 9.52 Å². The van der Waals surface area contributed by atoms with Crippen molar-refractivity contribution < 1.29 is 18.7 Å². The molecule has 1 aromatic heterocycles. The fourth-order valence-electron chi connectivity index (χ4n) is 3.14. The van der Waals surface area contributed by atoms with Crippen LogP contribution in [-0.2, 0) is 16.0 Å². The van der Waals surface area contributed by atoms with Crippen LogP contribution in [0.3, 0.4) is 0 Å². The Morgan fingerprint density at radius 3 is 2.67 bits per heavy atom. The van der Waals surface area contributed by atoms with E-state index in [0.29, 0.717) is 35.3 Å². The van der Waals surface area contributed by atoms with E-state index in [4.69, 9.17) is 4.74 Å². The fraction of sp³-hybridized carbons (Fsp3) is 0.450. The molecular formula is C20H23FN2O3S. The number of carbonyl (C=O) groups is 2. The molecule has 0 unspecified atom stereocenters. The number of ketones is 1. The first-order valence-electron chi connectivity index (χ1n) is 9.09. The summed E-state index contributed by atoms with van der Waals surface area (Å²) in [6.07, 6.45) is 2.69. The highest BCUT2D eigenvalue weighted by Crippen LogP contribution is 2.28. The number of benzene rings is 1. The van der Waals surface area contributed by atoms with Gasteiger partial charge in [-0.05, 0) is 43.9 Å². The van der Waals surface area contributed by atoms with Crippen LogP contribution >= 0.6 is 11.3 Å². The third kappa shape index (κ3) is 4.99. The molecule has 1 saturated heterocycles. The molecular weight excluding hydrogens is 367 g/mol. The second kappa shape index (κ2) is 8.71. The number of carbonyl (C=O) groups excluding carboxylic acids is 2. The molecule has 1 aliphatic heterocycles. The van der Waals surface area contributed by atoms with Gasteiger partial charge in [-0.2, -0.15) is 0 Å². The average molecular weight is 390 g/mol. The number of aryl methyl sites for hydroxylation is 2. The van der Waals surface area contributed by atoms with Crippen molar-refractivity contribution in [2.24, 2.45) is 0 Å². The molecule has 2 aromatic rings. The van der Waals surface area contributed by atoms with E-state index >= 15 is 0 Å². The fourth-order valence-corrected chi connectivity index (χ4v) is 4.13. The third-order valence-electron chi connectivity index (χ3n) is 4.59. The maximum atomic E-state index is 13.0. The van der Waals surface area contributed by atoms with E-state index in [1.165, 1.54) is 30.4 Å². The monoisotopic (exact) mass is 390 g/mol. The summed E-state index contributed by atoms with van der Waals surface area (Å²) < 4.78 is 18.7. The summed E-state index contributed by atoms with van der Waals surface area (Å²) in [4.78, 5) is 31.4. The molecule has 7 heteroatoms. The molecule has 27 heavy (non-hydrogen) atoms. The predicted molar refractivity (Wildman–Crippen MR) is 103 cm³/mol. The number of anilines is 1. The molecule has 1 atom stereocenters. The normalized spacial score (nSPS) is 16.5. The van der Waals surface area contributed by atoms with Crippen molar-refractivity contribution in [2.75, 3.05) is 18.1 Å². The van der Waals surface area contributed by atoms with Gasteiger partial charge in [-0.15, -0.1) is 0 Å². The number of rotatable bonds is 7. The highest BCUT2D eigenvalue weighted by molar-refractivity contribution is 7.17. The second-order valence-electron chi connectivity index (χ2n) is 6.73. The number of thiazole rings is 1. The van der Waals surface area contributed by atoms with Gasteiger partial charge in [0.1, 0.15) is 5.82 Å². The van der Waals surface area contributed by atoms with Crippen LogP contribution in [0.15, 0.2) is 24.3 Å². The molecule has 144 valence electrons. The number of aromatic nitrogens is 1. The SMILES string of the molecule is CC(=O)c1sc(N(C[C@@H]2CCCO2)C(=O)CCc2ccc(F)cc2)nc1C. The van der Waals surface area contributed by atoms with Crippen molar-refractivity contribution in [2.45, 2.75) is 45.6 Å². The smallest absolute Gasteiger partial charge is 0.229 e. The standard InChI is InChI=1S/C20H23FN2O3S/c1-13-19(14(2)24)27-20(22-13)23(12-17-4-3-11-26-17)18(25)10-7-15-5-8-16(21)9-6-15/h5-6,8-9,17H,3-4,7,10-12H2,1-2H3/t17-/m0/s1. The zero-order valence-electron chi connectivity index (χ0n) is 15.5. The van der Waals surface area contributed by atoms with Crippen LogP contribution in [0.2, 0.25) is 0 Å². The first-order chi connectivity index (χ1) is 12.9. The summed E-state index contributed by atoms with van der Waals surface area (Å²) in [5.74, 6) is -0.411. The number of halogens is 1. The Balaban J connectivity index is 1.75. The summed E-state index contributed by atoms with van der Waals surface area (Å²) in [6.45, 7) is 4.43. The van der Waals surface area contributed by atoms with Crippen LogP contribution in [0.5, 0.6) is 0 Å². The van der Waals surface area contributed by atoms with E-state index in [1.54, 1.807) is 24.0 Å². The molecule has 0 aliphatic carbocycles. The Morgan fingerprint density at radius 1 is 1.33 bits per heavy atom. The minimum Gasteiger partial charge on any atom is -0.376 e. The number of ether oxygens (including phenoxy) is 1. The van der Waals surface area contributed by atoms with Crippen molar-refractivity contribution in [1.29, 1.82) is 0 Å². The van der Waals surface area contributed by atoms with Gasteiger partial charge in [0.05, 0.1) is 23.2 Å². The lowest BCUT2D eigenvalue weighted by molar-refractivity contribution is -0.119. The maximum absolute atomic E-state index is 13.0. The van der Waals surface area contributed by atoms with Crippen molar-refractivity contribution >= 4 is 28.2 Å². The van der Waals surface area contributed by atoms with E-state index in [0.717, 1.165) is 18.4 Å². The molecule has 5 nitrogen and oxygen atoms in total. The van der Waals surface area contributed by atoms with Gasteiger partial charge in [-0.25, -0.2) is 9.37 Å². The lowest BCUT2D eigenvalue weighted by Crippen LogP contribution is -2.37. The van der Waals surface area contributed by atoms with Crippen LogP contribution in [0, 0.1) is 12.7 Å². The topological polar surface area (TPSA) is 59.5 Å². The first kappa shape index (κ1) is 19.6. The number of hydrogen-bond donors (Lipinski definition) is 0. The van der Waals surface area contributed by atoms with E-state index in [-0.39, 0.29) is 30.0 Å². The lowest BCUT2D eigenvalue weighted by atomic mass is 10.1. The van der Waals surface area contributed by atoms with E-state index in [9.17, 15) is 14.0 Å². The van der Waals surface area contributed by atoms with Crippen LogP contribution in [-0.4, -0.2) is 35.9 Å². The molecule has 2 heterocycles. The minimum atomic E-state index is -0.292. The van der Waals surface area contributed by atoms with Crippen LogP contribution in [0.25, 0.3) is 0 Å². The molecule has 0 radical (unpaired) electrons. The molecule has 0 bridgehead atoms. The average Bonchev–Trinajstić information content (AvgIpc) is 3.28. The number of Topliss-reactive ketones (excluding diaryl/α,β-unsaturated/α-hetero) is 1. The second-order valence-corrected chi connectivity index (χ2v) is 7.71. The molecule has 3 rings (SSSR count). The Bertz CT molecular complexity index is 813. The van der Waals surface area contributed by atoms with E-state index in [2.05, 4.69) is 4.98 Å². The number of hydrogen-bond acceptors (Lipinski definition) is 5. The first-order valence-corrected chi connectivity index (χ1v) is 9.90. The van der Waals surface area contributed by atoms with Gasteiger partial charge >= 0.3 is 0 Å². The summed E-state index contributed by atoms with van der Waals surface area (Å²) in [7, 11) is 0. The van der Waals surface area contributed by atoms with Gasteiger partial charge in [0, 0.05) is 20.0 Å². The summed E-state index contributed by atoms with van der Waals surface area (Å²) >= 11 is 1.25. The van der Waals surface area contributed by atoms with Gasteiger partial charge in [-0.3, -0.25) is 14.5 Å². The van der Waals surface area contributed by atoms with E-state index in [1.807, 2.05) is 0 Å². The quantitative estimate of drug-likeness (QED) is 0.672. The Morgan fingerprint density at radius 2 is 2.07 bits per heavy atom. The van der Waals surface area contributed by atoms with Gasteiger partial charge in [0.25, 0.3) is 0 Å². The van der Waals surface area contributed by atoms with Gasteiger partial charge < -0.3 is 4.74 Å². The molecule has 1 aliphatic rings. The van der Waals surface area contributed by atoms with Gasteiger partial charge in [-0.1, -0.05) is 23.5 Å². The molecule has 0 saturated carbocycles. The molecule has 0 spiro atoms. The number of nitrogens with zero attached hydrogens (tertiary/aromatic N) is 2. The highest BCUT2D eigenvalue weighted by Gasteiger charge is 2.27. The summed E-state index contributed by atoms with van der Waals surface area (Å²) in [5.41, 5.74) is 1.55. The van der Waals surface area contributed by atoms with Gasteiger partial charge in [0.2, 0.25) is 5.91 Å². The summed E-state index contributed by atoms with van der Waals surface area (Å²) in [6, 6.07) is 6.17. The van der Waals surface area contributed by atoms with Crippen molar-refractivity contribution in [3.63, 3.8) is 0 Å². The van der Waals surface area contributed by atoms with E-state index < -0.39 is 0 Å². The predicted octanol–water partition coefficient (Wildman–Crippen LogP) is 3.94. The zero-order valence-corrected chi connectivity index (χ0v) is 16.4. The molecule has 1 amide bonds. The number of amides is 1. The highest BCUT2D eigenvalue weighted by atomic mass is 32.1. The van der Waals surface area contributed by atoms with Crippen LogP contribution < -0.4 is 4.90 Å². The third-order valence-corrected chi connectivity index (χ3v) is 5.87. The Kier molecular flexibility index (Phi) is 6.34. The van der Waals surface area contributed by atoms with Gasteiger partial charge in [0.15, 0.2) is 10.9 Å². The maximum Gasteiger partial charge on any atom is 0.229 e. The minimum absolute atomic E-state index is 0.00949. The Hall–Kier alpha value is -2.12. The zero-order chi connectivity index (χ0) is 19.4. The largest absolute Gasteiger partial charge is 0.376 e. The summed E-state index contributed by atoms with van der Waals surface area (Å²) in [5, 5.41) is 0.539. The van der Waals surface area contributed by atoms with Crippen LogP contribution in [0.1, 0.15) is 47.1 Å². The molecule has 0 N–H and O–H groups in total. The van der Waals surface area contributed by atoms with Crippen molar-refractivity contribution in [1.82, 2.24) is 4.98 Å². The van der Waals surface area contributed by atoms with Crippen molar-refractivity contribution in [3.05, 3.63) is 46.2 Å². The lowest BCUT2D eigenvalue weighted by Gasteiger charge is -2.23. The molecule has 1 fully saturated rings. The molecule has 1 aromatic carbocycles.